The Labute approximate surface area is 232 Å². The number of H-pyrrole nitrogens is 1. The molecule has 216 valence electrons. The largest absolute Gasteiger partial charge is 0.504 e. The molecule has 0 aliphatic rings. The Bertz CT molecular complexity index is 876. The number of aromatic hydroxyl groups is 2. The molecule has 1 aromatic carbocycles. The predicted molar refractivity (Wildman–Crippen MR) is 161 cm³/mol. The van der Waals surface area contributed by atoms with Gasteiger partial charge in [-0.2, -0.15) is 0 Å². The zero-order chi connectivity index (χ0) is 27.3. The van der Waals surface area contributed by atoms with Gasteiger partial charge in [-0.25, -0.2) is 0 Å². The van der Waals surface area contributed by atoms with Gasteiger partial charge in [0.05, 0.1) is 0 Å². The maximum Gasteiger partial charge on any atom is 0.220 e. The molecule has 38 heavy (non-hydrogen) atoms. The van der Waals surface area contributed by atoms with Gasteiger partial charge in [0, 0.05) is 30.1 Å². The third kappa shape index (κ3) is 13.6. The monoisotopic (exact) mass is 528 g/mol. The summed E-state index contributed by atoms with van der Waals surface area (Å²) in [6, 6.07) is 3.21. The highest BCUT2D eigenvalue weighted by atomic mass is 16.3. The molecule has 0 saturated carbocycles. The van der Waals surface area contributed by atoms with Crippen molar-refractivity contribution in [1.29, 1.82) is 0 Å². The highest BCUT2D eigenvalue weighted by Crippen LogP contribution is 2.35. The maximum absolute atomic E-state index is 12.1. The number of unbranched alkanes of at least 4 members (excludes halogenated alkanes) is 19. The molecule has 0 unspecified atom stereocenters. The summed E-state index contributed by atoms with van der Waals surface area (Å²) < 4.78 is 0. The molecular formula is C33H56N2O3. The van der Waals surface area contributed by atoms with Crippen LogP contribution in [0.5, 0.6) is 11.5 Å². The molecule has 0 aliphatic heterocycles. The number of nitrogens with one attached hydrogen (secondary N) is 2. The number of fused-ring (bicyclic) bond motifs is 1. The van der Waals surface area contributed by atoms with Gasteiger partial charge in [-0.3, -0.25) is 4.79 Å². The Morgan fingerprint density at radius 3 is 1.68 bits per heavy atom. The number of carbonyl (C=O) groups is 1. The van der Waals surface area contributed by atoms with Gasteiger partial charge in [-0.05, 0) is 30.5 Å². The highest BCUT2D eigenvalue weighted by molar-refractivity contribution is 5.91. The molecule has 5 nitrogen and oxygen atoms in total. The first-order valence-electron chi connectivity index (χ1n) is 15.9. The van der Waals surface area contributed by atoms with Crippen molar-refractivity contribution in [2.45, 2.75) is 148 Å². The van der Waals surface area contributed by atoms with Gasteiger partial charge >= 0.3 is 0 Å². The second-order valence-corrected chi connectivity index (χ2v) is 11.2. The van der Waals surface area contributed by atoms with Crippen molar-refractivity contribution < 1.29 is 15.0 Å². The van der Waals surface area contributed by atoms with Crippen LogP contribution in [0.2, 0.25) is 0 Å². The normalized spacial score (nSPS) is 11.4. The van der Waals surface area contributed by atoms with Crippen molar-refractivity contribution >= 4 is 16.8 Å². The maximum atomic E-state index is 12.1. The van der Waals surface area contributed by atoms with E-state index < -0.39 is 0 Å². The number of benzene rings is 1. The van der Waals surface area contributed by atoms with Crippen molar-refractivity contribution in [2.24, 2.45) is 0 Å². The number of phenols is 2. The number of rotatable bonds is 24. The van der Waals surface area contributed by atoms with Crippen molar-refractivity contribution in [1.82, 2.24) is 10.3 Å². The summed E-state index contributed by atoms with van der Waals surface area (Å²) in [6.07, 6.45) is 30.2. The van der Waals surface area contributed by atoms with Crippen LogP contribution < -0.4 is 5.32 Å². The van der Waals surface area contributed by atoms with Gasteiger partial charge in [-0.15, -0.1) is 0 Å². The van der Waals surface area contributed by atoms with Crippen LogP contribution in [0.4, 0.5) is 0 Å². The summed E-state index contributed by atoms with van der Waals surface area (Å²) >= 11 is 0. The molecule has 0 saturated heterocycles. The Morgan fingerprint density at radius 1 is 0.711 bits per heavy atom. The summed E-state index contributed by atoms with van der Waals surface area (Å²) in [6.45, 7) is 2.81. The Balaban J connectivity index is 1.32. The number of amides is 1. The van der Waals surface area contributed by atoms with E-state index in [4.69, 9.17) is 0 Å². The van der Waals surface area contributed by atoms with Gasteiger partial charge in [-0.1, -0.05) is 129 Å². The molecule has 0 fully saturated rings. The van der Waals surface area contributed by atoms with Gasteiger partial charge in [0.25, 0.3) is 0 Å². The average molecular weight is 529 g/mol. The Kier molecular flexibility index (Phi) is 17.5. The molecule has 0 aliphatic carbocycles. The lowest BCUT2D eigenvalue weighted by Crippen LogP contribution is -2.25. The van der Waals surface area contributed by atoms with Crippen molar-refractivity contribution in [2.75, 3.05) is 6.54 Å². The highest BCUT2D eigenvalue weighted by Gasteiger charge is 2.12. The second kappa shape index (κ2) is 20.7. The average Bonchev–Trinajstić information content (AvgIpc) is 3.33. The van der Waals surface area contributed by atoms with E-state index in [9.17, 15) is 15.0 Å². The van der Waals surface area contributed by atoms with Crippen molar-refractivity contribution in [3.05, 3.63) is 23.9 Å². The first-order valence-corrected chi connectivity index (χ1v) is 15.9. The van der Waals surface area contributed by atoms with Crippen LogP contribution in [-0.4, -0.2) is 27.6 Å². The molecule has 0 atom stereocenters. The van der Waals surface area contributed by atoms with Crippen molar-refractivity contribution in [3.8, 4) is 11.5 Å². The zero-order valence-electron chi connectivity index (χ0n) is 24.3. The predicted octanol–water partition coefficient (Wildman–Crippen LogP) is 9.45. The Morgan fingerprint density at radius 2 is 1.18 bits per heavy atom. The summed E-state index contributed by atoms with van der Waals surface area (Å²) in [7, 11) is 0. The fraction of sp³-hybridized carbons (Fsp3) is 0.727. The van der Waals surface area contributed by atoms with Crippen LogP contribution in [-0.2, 0) is 11.2 Å². The Hall–Kier alpha value is -2.17. The smallest absolute Gasteiger partial charge is 0.220 e. The molecular weight excluding hydrogens is 472 g/mol. The van der Waals surface area contributed by atoms with Gasteiger partial charge in [0.2, 0.25) is 5.91 Å². The first kappa shape index (κ1) is 32.0. The molecule has 0 radical (unpaired) electrons. The first-order chi connectivity index (χ1) is 18.6. The van der Waals surface area contributed by atoms with Crippen LogP contribution in [0.1, 0.15) is 147 Å². The summed E-state index contributed by atoms with van der Waals surface area (Å²) in [5, 5.41) is 23.5. The van der Waals surface area contributed by atoms with E-state index in [-0.39, 0.29) is 17.4 Å². The SMILES string of the molecule is CCCCCCCCCCCCCCCCCCCCCCC(=O)NCCc1c[nH]c2ccc(O)c(O)c12. The number of hydrogen-bond donors (Lipinski definition) is 4. The summed E-state index contributed by atoms with van der Waals surface area (Å²) in [5.41, 5.74) is 1.68. The van der Waals surface area contributed by atoms with E-state index in [1.54, 1.807) is 6.07 Å². The molecule has 0 spiro atoms. The third-order valence-electron chi connectivity index (χ3n) is 7.85. The standard InChI is InChI=1S/C33H56N2O3/c1-2-3-4-5-6-7-8-9-10-11-12-13-14-15-16-17-18-19-20-21-22-31(37)34-26-25-28-27-35-29-23-24-30(36)33(38)32(28)29/h23-24,27,35-36,38H,2-22,25-26H2,1H3,(H,34,37). The molecule has 1 amide bonds. The minimum absolute atomic E-state index is 0.0966. The van der Waals surface area contributed by atoms with Crippen LogP contribution in [0.3, 0.4) is 0 Å². The zero-order valence-corrected chi connectivity index (χ0v) is 24.3. The van der Waals surface area contributed by atoms with Crippen molar-refractivity contribution in [3.63, 3.8) is 0 Å². The fourth-order valence-corrected chi connectivity index (χ4v) is 5.43. The number of hydrogen-bond acceptors (Lipinski definition) is 3. The summed E-state index contributed by atoms with van der Waals surface area (Å²) in [5.74, 6) is -0.129. The quantitative estimate of drug-likeness (QED) is 0.0808. The van der Waals surface area contributed by atoms with Crippen LogP contribution in [0.15, 0.2) is 18.3 Å². The second-order valence-electron chi connectivity index (χ2n) is 11.2. The lowest BCUT2D eigenvalue weighted by molar-refractivity contribution is -0.121. The molecule has 1 aromatic heterocycles. The lowest BCUT2D eigenvalue weighted by atomic mass is 10.0. The topological polar surface area (TPSA) is 85.4 Å². The van der Waals surface area contributed by atoms with Crippen LogP contribution >= 0.6 is 0 Å². The number of aromatic nitrogens is 1. The molecule has 1 heterocycles. The summed E-state index contributed by atoms with van der Waals surface area (Å²) in [4.78, 5) is 15.2. The lowest BCUT2D eigenvalue weighted by Gasteiger charge is -2.06. The van der Waals surface area contributed by atoms with Gasteiger partial charge in [0.1, 0.15) is 0 Å². The fourth-order valence-electron chi connectivity index (χ4n) is 5.43. The molecule has 2 rings (SSSR count). The van der Waals surface area contributed by atoms with Crippen LogP contribution in [0.25, 0.3) is 10.9 Å². The third-order valence-corrected chi connectivity index (χ3v) is 7.85. The van der Waals surface area contributed by atoms with E-state index in [1.807, 2.05) is 6.20 Å². The minimum Gasteiger partial charge on any atom is -0.504 e. The van der Waals surface area contributed by atoms with E-state index in [0.717, 1.165) is 23.9 Å². The molecule has 4 N–H and O–H groups in total. The van der Waals surface area contributed by atoms with E-state index in [1.165, 1.54) is 122 Å². The van der Waals surface area contributed by atoms with Gasteiger partial charge < -0.3 is 20.5 Å². The number of aromatic amines is 1. The molecule has 2 aromatic rings. The van der Waals surface area contributed by atoms with E-state index in [0.29, 0.717) is 24.8 Å². The minimum atomic E-state index is -0.123. The molecule has 0 bridgehead atoms. The number of carbonyl (C=O) groups excluding carboxylic acids is 1. The molecule has 5 heteroatoms. The van der Waals surface area contributed by atoms with Crippen LogP contribution in [0, 0.1) is 0 Å². The van der Waals surface area contributed by atoms with Gasteiger partial charge in [0.15, 0.2) is 11.5 Å². The van der Waals surface area contributed by atoms with E-state index in [2.05, 4.69) is 17.2 Å². The number of phenolic OH excluding ortho intramolecular Hbond substituents is 2. The van der Waals surface area contributed by atoms with E-state index >= 15 is 0 Å².